The average Bonchev–Trinajstić information content (AvgIpc) is 2.60. The highest BCUT2D eigenvalue weighted by molar-refractivity contribution is 5.91. The molecular weight excluding hydrogens is 166 g/mol. The summed E-state index contributed by atoms with van der Waals surface area (Å²) in [6.45, 7) is 0.603. The SMILES string of the molecule is COC(=O)N1C[CH]c2ccccc21. The number of para-hydroxylation sites is 1. The molecule has 0 aliphatic carbocycles. The minimum absolute atomic E-state index is 0.304. The zero-order valence-corrected chi connectivity index (χ0v) is 7.36. The fourth-order valence-corrected chi connectivity index (χ4v) is 1.48. The first-order valence-electron chi connectivity index (χ1n) is 4.10. The molecular formula is C10H10NO2. The van der Waals surface area contributed by atoms with Gasteiger partial charge in [0.25, 0.3) is 0 Å². The number of nitrogens with zero attached hydrogens (tertiary/aromatic N) is 1. The monoisotopic (exact) mass is 176 g/mol. The molecule has 0 fully saturated rings. The van der Waals surface area contributed by atoms with Crippen molar-refractivity contribution in [3.63, 3.8) is 0 Å². The van der Waals surface area contributed by atoms with Crippen LogP contribution < -0.4 is 4.90 Å². The van der Waals surface area contributed by atoms with Crippen LogP contribution in [0.5, 0.6) is 0 Å². The molecule has 1 aliphatic heterocycles. The van der Waals surface area contributed by atoms with E-state index in [-0.39, 0.29) is 6.09 Å². The van der Waals surface area contributed by atoms with Crippen molar-refractivity contribution < 1.29 is 9.53 Å². The number of fused-ring (bicyclic) bond motifs is 1. The summed E-state index contributed by atoms with van der Waals surface area (Å²) in [5.74, 6) is 0. The van der Waals surface area contributed by atoms with Crippen LogP contribution in [0.4, 0.5) is 10.5 Å². The summed E-state index contributed by atoms with van der Waals surface area (Å²) in [6.07, 6.45) is 1.70. The Hall–Kier alpha value is -1.51. The van der Waals surface area contributed by atoms with Gasteiger partial charge in [-0.15, -0.1) is 0 Å². The van der Waals surface area contributed by atoms with Crippen LogP contribution in [0.2, 0.25) is 0 Å². The lowest BCUT2D eigenvalue weighted by molar-refractivity contribution is 0.179. The lowest BCUT2D eigenvalue weighted by Crippen LogP contribution is -2.28. The van der Waals surface area contributed by atoms with Gasteiger partial charge in [-0.25, -0.2) is 4.79 Å². The second kappa shape index (κ2) is 3.09. The maximum atomic E-state index is 11.3. The number of benzene rings is 1. The zero-order chi connectivity index (χ0) is 9.26. The Labute approximate surface area is 76.9 Å². The van der Waals surface area contributed by atoms with Crippen molar-refractivity contribution in [1.82, 2.24) is 0 Å². The van der Waals surface area contributed by atoms with Crippen LogP contribution in [-0.2, 0) is 4.74 Å². The molecule has 1 aliphatic rings. The third kappa shape index (κ3) is 1.26. The highest BCUT2D eigenvalue weighted by Crippen LogP contribution is 2.28. The van der Waals surface area contributed by atoms with Crippen molar-refractivity contribution in [2.45, 2.75) is 0 Å². The smallest absolute Gasteiger partial charge is 0.414 e. The number of hydrogen-bond donors (Lipinski definition) is 0. The van der Waals surface area contributed by atoms with E-state index in [2.05, 4.69) is 4.74 Å². The van der Waals surface area contributed by atoms with Crippen LogP contribution in [0.3, 0.4) is 0 Å². The number of methoxy groups -OCH3 is 1. The molecule has 67 valence electrons. The molecule has 1 amide bonds. The Morgan fingerprint density at radius 1 is 1.46 bits per heavy atom. The third-order valence-corrected chi connectivity index (χ3v) is 2.12. The summed E-state index contributed by atoms with van der Waals surface area (Å²) in [5.41, 5.74) is 2.02. The summed E-state index contributed by atoms with van der Waals surface area (Å²) in [4.78, 5) is 12.9. The first kappa shape index (κ1) is 8.10. The number of rotatable bonds is 0. The number of amides is 1. The number of hydrogen-bond acceptors (Lipinski definition) is 2. The summed E-state index contributed by atoms with van der Waals surface area (Å²) in [5, 5.41) is 0. The average molecular weight is 176 g/mol. The molecule has 13 heavy (non-hydrogen) atoms. The van der Waals surface area contributed by atoms with Gasteiger partial charge in [-0.05, 0) is 11.6 Å². The maximum Gasteiger partial charge on any atom is 0.414 e. The lowest BCUT2D eigenvalue weighted by atomic mass is 10.2. The Kier molecular flexibility index (Phi) is 1.93. The fourth-order valence-electron chi connectivity index (χ4n) is 1.48. The molecule has 1 heterocycles. The molecule has 0 aromatic heterocycles. The number of carbonyl (C=O) groups is 1. The molecule has 1 aromatic carbocycles. The van der Waals surface area contributed by atoms with Crippen molar-refractivity contribution in [3.8, 4) is 0 Å². The van der Waals surface area contributed by atoms with Gasteiger partial charge in [-0.1, -0.05) is 18.2 Å². The summed E-state index contributed by atoms with van der Waals surface area (Å²) in [7, 11) is 1.39. The van der Waals surface area contributed by atoms with Crippen molar-refractivity contribution in [3.05, 3.63) is 36.2 Å². The molecule has 2 rings (SSSR count). The van der Waals surface area contributed by atoms with Crippen molar-refractivity contribution >= 4 is 11.8 Å². The molecule has 0 unspecified atom stereocenters. The van der Waals surface area contributed by atoms with Crippen LogP contribution in [-0.4, -0.2) is 19.7 Å². The van der Waals surface area contributed by atoms with Crippen molar-refractivity contribution in [1.29, 1.82) is 0 Å². The molecule has 0 saturated carbocycles. The number of anilines is 1. The number of ether oxygens (including phenoxy) is 1. The van der Waals surface area contributed by atoms with E-state index in [1.807, 2.05) is 30.7 Å². The maximum absolute atomic E-state index is 11.3. The zero-order valence-electron chi connectivity index (χ0n) is 7.36. The first-order valence-corrected chi connectivity index (χ1v) is 4.10. The summed E-state index contributed by atoms with van der Waals surface area (Å²) in [6, 6.07) is 7.76. The van der Waals surface area contributed by atoms with Gasteiger partial charge in [-0.2, -0.15) is 0 Å². The minimum atomic E-state index is -0.304. The molecule has 3 heteroatoms. The van der Waals surface area contributed by atoms with E-state index in [1.165, 1.54) is 7.11 Å². The topological polar surface area (TPSA) is 29.5 Å². The normalized spacial score (nSPS) is 14.1. The van der Waals surface area contributed by atoms with Crippen molar-refractivity contribution in [2.24, 2.45) is 0 Å². The predicted octanol–water partition coefficient (Wildman–Crippen LogP) is 1.83. The Balaban J connectivity index is 2.33. The molecule has 3 nitrogen and oxygen atoms in total. The van der Waals surface area contributed by atoms with Crippen LogP contribution in [0.1, 0.15) is 5.56 Å². The molecule has 0 bridgehead atoms. The van der Waals surface area contributed by atoms with Gasteiger partial charge in [0.2, 0.25) is 0 Å². The Morgan fingerprint density at radius 2 is 2.23 bits per heavy atom. The number of carbonyl (C=O) groups excluding carboxylic acids is 1. The quantitative estimate of drug-likeness (QED) is 0.603. The molecule has 0 atom stereocenters. The van der Waals surface area contributed by atoms with E-state index in [0.717, 1.165) is 11.3 Å². The van der Waals surface area contributed by atoms with Gasteiger partial charge in [0.05, 0.1) is 12.8 Å². The third-order valence-electron chi connectivity index (χ3n) is 2.12. The largest absolute Gasteiger partial charge is 0.452 e. The van der Waals surface area contributed by atoms with E-state index < -0.39 is 0 Å². The van der Waals surface area contributed by atoms with Gasteiger partial charge >= 0.3 is 6.09 Å². The van der Waals surface area contributed by atoms with Crippen LogP contribution in [0, 0.1) is 6.42 Å². The van der Waals surface area contributed by atoms with E-state index in [0.29, 0.717) is 6.54 Å². The van der Waals surface area contributed by atoms with Gasteiger partial charge in [0, 0.05) is 13.0 Å². The second-order valence-electron chi connectivity index (χ2n) is 2.84. The van der Waals surface area contributed by atoms with Gasteiger partial charge in [-0.3, -0.25) is 4.90 Å². The summed E-state index contributed by atoms with van der Waals surface area (Å²) >= 11 is 0. The molecule has 0 saturated heterocycles. The van der Waals surface area contributed by atoms with Gasteiger partial charge < -0.3 is 4.74 Å². The molecule has 1 radical (unpaired) electrons. The first-order chi connectivity index (χ1) is 6.33. The molecule has 0 spiro atoms. The second-order valence-corrected chi connectivity index (χ2v) is 2.84. The minimum Gasteiger partial charge on any atom is -0.452 e. The molecule has 0 N–H and O–H groups in total. The van der Waals surface area contributed by atoms with E-state index >= 15 is 0 Å². The predicted molar refractivity (Wildman–Crippen MR) is 49.6 cm³/mol. The van der Waals surface area contributed by atoms with Crippen LogP contribution in [0.15, 0.2) is 24.3 Å². The highest BCUT2D eigenvalue weighted by Gasteiger charge is 2.24. The Morgan fingerprint density at radius 3 is 3.00 bits per heavy atom. The van der Waals surface area contributed by atoms with Crippen LogP contribution >= 0.6 is 0 Å². The van der Waals surface area contributed by atoms with E-state index in [1.54, 1.807) is 4.90 Å². The standard InChI is InChI=1S/C10H10NO2/c1-13-10(12)11-7-6-8-4-2-3-5-9(8)11/h2-6H,7H2,1H3. The lowest BCUT2D eigenvalue weighted by Gasteiger charge is -2.14. The Bertz CT molecular complexity index is 335. The van der Waals surface area contributed by atoms with Crippen molar-refractivity contribution in [2.75, 3.05) is 18.6 Å². The highest BCUT2D eigenvalue weighted by atomic mass is 16.5. The van der Waals surface area contributed by atoms with Gasteiger partial charge in [0.15, 0.2) is 0 Å². The molecule has 1 aromatic rings. The fraction of sp³-hybridized carbons (Fsp3) is 0.200. The van der Waals surface area contributed by atoms with E-state index in [4.69, 9.17) is 0 Å². The van der Waals surface area contributed by atoms with Crippen LogP contribution in [0.25, 0.3) is 0 Å². The summed E-state index contributed by atoms with van der Waals surface area (Å²) < 4.78 is 4.66. The van der Waals surface area contributed by atoms with Gasteiger partial charge in [0.1, 0.15) is 0 Å². The van der Waals surface area contributed by atoms with E-state index in [9.17, 15) is 4.79 Å².